The average molecular weight is 199 g/mol. The Hall–Kier alpha value is -0.380. The minimum absolute atomic E-state index is 0.263. The predicted molar refractivity (Wildman–Crippen MR) is 57.2 cm³/mol. The summed E-state index contributed by atoms with van der Waals surface area (Å²) in [7, 11) is 0. The van der Waals surface area contributed by atoms with Crippen LogP contribution in [-0.2, 0) is 6.42 Å². The van der Waals surface area contributed by atoms with E-state index in [9.17, 15) is 5.11 Å². The zero-order valence-corrected chi connectivity index (χ0v) is 8.97. The molecule has 1 aromatic heterocycles. The number of rotatable bonds is 5. The number of hydrogen-bond acceptors (Lipinski definition) is 3. The van der Waals surface area contributed by atoms with Crippen LogP contribution in [0, 0.1) is 0 Å². The summed E-state index contributed by atoms with van der Waals surface area (Å²) in [6.45, 7) is 4.84. The van der Waals surface area contributed by atoms with Crippen molar-refractivity contribution in [3.63, 3.8) is 0 Å². The lowest BCUT2D eigenvalue weighted by Crippen LogP contribution is -2.32. The molecule has 1 atom stereocenters. The first-order valence-electron chi connectivity index (χ1n) is 4.62. The largest absolute Gasteiger partial charge is 0.391 e. The first kappa shape index (κ1) is 10.7. The van der Waals surface area contributed by atoms with Gasteiger partial charge in [-0.05, 0) is 11.4 Å². The zero-order chi connectivity index (χ0) is 9.68. The second-order valence-corrected chi connectivity index (χ2v) is 4.53. The lowest BCUT2D eigenvalue weighted by atomic mass is 10.2. The number of thiophene rings is 1. The lowest BCUT2D eigenvalue weighted by molar-refractivity contribution is 0.170. The molecule has 13 heavy (non-hydrogen) atoms. The summed E-state index contributed by atoms with van der Waals surface area (Å²) in [5.74, 6) is 0. The Bertz CT molecular complexity index is 221. The number of aliphatic hydroxyl groups is 1. The maximum Gasteiger partial charge on any atom is 0.0712 e. The monoisotopic (exact) mass is 199 g/mol. The zero-order valence-electron chi connectivity index (χ0n) is 8.16. The molecule has 1 aromatic rings. The van der Waals surface area contributed by atoms with E-state index in [1.54, 1.807) is 11.3 Å². The van der Waals surface area contributed by atoms with Crippen LogP contribution in [0.3, 0.4) is 0 Å². The Kier molecular flexibility index (Phi) is 4.42. The maximum atomic E-state index is 9.61. The second kappa shape index (κ2) is 5.37. The molecule has 0 saturated carbocycles. The normalized spacial score (nSPS) is 13.5. The van der Waals surface area contributed by atoms with Gasteiger partial charge in [-0.1, -0.05) is 19.9 Å². The number of aliphatic hydroxyl groups excluding tert-OH is 1. The van der Waals surface area contributed by atoms with Crippen LogP contribution in [0.5, 0.6) is 0 Å². The summed E-state index contributed by atoms with van der Waals surface area (Å²) in [5, 5.41) is 14.9. The van der Waals surface area contributed by atoms with Gasteiger partial charge in [0.05, 0.1) is 6.10 Å². The van der Waals surface area contributed by atoms with Crippen molar-refractivity contribution in [3.8, 4) is 0 Å². The van der Waals surface area contributed by atoms with Crippen molar-refractivity contribution in [2.24, 2.45) is 0 Å². The van der Waals surface area contributed by atoms with Gasteiger partial charge in [0.15, 0.2) is 0 Å². The predicted octanol–water partition coefficient (Wildman–Crippen LogP) is 1.65. The van der Waals surface area contributed by atoms with E-state index in [1.807, 2.05) is 11.4 Å². The fraction of sp³-hybridized carbons (Fsp3) is 0.600. The van der Waals surface area contributed by atoms with E-state index in [1.165, 1.54) is 4.88 Å². The van der Waals surface area contributed by atoms with Gasteiger partial charge in [0.2, 0.25) is 0 Å². The summed E-state index contributed by atoms with van der Waals surface area (Å²) in [6.07, 6.45) is 0.498. The summed E-state index contributed by atoms with van der Waals surface area (Å²) in [6, 6.07) is 4.52. The topological polar surface area (TPSA) is 32.3 Å². The van der Waals surface area contributed by atoms with Crippen LogP contribution in [0.25, 0.3) is 0 Å². The van der Waals surface area contributed by atoms with Crippen molar-refractivity contribution in [1.82, 2.24) is 5.32 Å². The molecule has 0 radical (unpaired) electrons. The number of hydrogen-bond donors (Lipinski definition) is 2. The number of nitrogens with one attached hydrogen (secondary N) is 1. The van der Waals surface area contributed by atoms with E-state index in [0.717, 1.165) is 6.42 Å². The van der Waals surface area contributed by atoms with Crippen LogP contribution in [0.1, 0.15) is 18.7 Å². The van der Waals surface area contributed by atoms with Crippen LogP contribution in [0.2, 0.25) is 0 Å². The van der Waals surface area contributed by atoms with Crippen LogP contribution >= 0.6 is 11.3 Å². The van der Waals surface area contributed by atoms with Crippen molar-refractivity contribution < 1.29 is 5.11 Å². The maximum absolute atomic E-state index is 9.61. The Morgan fingerprint density at radius 1 is 1.54 bits per heavy atom. The molecule has 3 heteroatoms. The molecule has 0 bridgehead atoms. The molecule has 2 N–H and O–H groups in total. The SMILES string of the molecule is CC(C)NCC(O)Cc1cccs1. The fourth-order valence-corrected chi connectivity index (χ4v) is 1.88. The fourth-order valence-electron chi connectivity index (χ4n) is 1.10. The Balaban J connectivity index is 2.22. The third-order valence-electron chi connectivity index (χ3n) is 1.78. The van der Waals surface area contributed by atoms with Gasteiger partial charge in [-0.25, -0.2) is 0 Å². The van der Waals surface area contributed by atoms with Crippen molar-refractivity contribution >= 4 is 11.3 Å². The van der Waals surface area contributed by atoms with Gasteiger partial charge in [-0.3, -0.25) is 0 Å². The van der Waals surface area contributed by atoms with E-state index in [4.69, 9.17) is 0 Å². The van der Waals surface area contributed by atoms with E-state index in [-0.39, 0.29) is 6.10 Å². The highest BCUT2D eigenvalue weighted by atomic mass is 32.1. The third-order valence-corrected chi connectivity index (χ3v) is 2.68. The smallest absolute Gasteiger partial charge is 0.0712 e. The molecule has 1 heterocycles. The molecule has 2 nitrogen and oxygen atoms in total. The Morgan fingerprint density at radius 2 is 2.31 bits per heavy atom. The van der Waals surface area contributed by atoms with E-state index in [2.05, 4.69) is 25.2 Å². The first-order chi connectivity index (χ1) is 6.18. The van der Waals surface area contributed by atoms with Gasteiger partial charge >= 0.3 is 0 Å². The molecule has 1 rings (SSSR count). The summed E-state index contributed by atoms with van der Waals surface area (Å²) < 4.78 is 0. The lowest BCUT2D eigenvalue weighted by Gasteiger charge is -2.12. The quantitative estimate of drug-likeness (QED) is 0.756. The molecule has 0 aromatic carbocycles. The third kappa shape index (κ3) is 4.41. The molecule has 0 aliphatic heterocycles. The summed E-state index contributed by atoms with van der Waals surface area (Å²) >= 11 is 1.70. The molecule has 0 spiro atoms. The van der Waals surface area contributed by atoms with Gasteiger partial charge in [0, 0.05) is 23.9 Å². The highest BCUT2D eigenvalue weighted by molar-refractivity contribution is 7.09. The standard InChI is InChI=1S/C10H17NOS/c1-8(2)11-7-9(12)6-10-4-3-5-13-10/h3-5,8-9,11-12H,6-7H2,1-2H3. The first-order valence-corrected chi connectivity index (χ1v) is 5.50. The average Bonchev–Trinajstić information content (AvgIpc) is 2.53. The van der Waals surface area contributed by atoms with Gasteiger partial charge < -0.3 is 10.4 Å². The summed E-state index contributed by atoms with van der Waals surface area (Å²) in [5.41, 5.74) is 0. The van der Waals surface area contributed by atoms with Crippen molar-refractivity contribution in [1.29, 1.82) is 0 Å². The van der Waals surface area contributed by atoms with Crippen LogP contribution < -0.4 is 5.32 Å². The van der Waals surface area contributed by atoms with Gasteiger partial charge in [0.25, 0.3) is 0 Å². The molecular weight excluding hydrogens is 182 g/mol. The van der Waals surface area contributed by atoms with E-state index >= 15 is 0 Å². The van der Waals surface area contributed by atoms with Crippen LogP contribution in [0.15, 0.2) is 17.5 Å². The van der Waals surface area contributed by atoms with Crippen LogP contribution in [0.4, 0.5) is 0 Å². The van der Waals surface area contributed by atoms with Crippen molar-refractivity contribution in [2.45, 2.75) is 32.4 Å². The van der Waals surface area contributed by atoms with Gasteiger partial charge in [-0.2, -0.15) is 0 Å². The second-order valence-electron chi connectivity index (χ2n) is 3.50. The van der Waals surface area contributed by atoms with E-state index < -0.39 is 0 Å². The van der Waals surface area contributed by atoms with E-state index in [0.29, 0.717) is 12.6 Å². The molecule has 74 valence electrons. The minimum Gasteiger partial charge on any atom is -0.391 e. The van der Waals surface area contributed by atoms with Crippen LogP contribution in [-0.4, -0.2) is 23.8 Å². The van der Waals surface area contributed by atoms with Crippen molar-refractivity contribution in [3.05, 3.63) is 22.4 Å². The van der Waals surface area contributed by atoms with Gasteiger partial charge in [-0.15, -0.1) is 11.3 Å². The Labute approximate surface area is 83.6 Å². The molecule has 0 aliphatic rings. The highest BCUT2D eigenvalue weighted by Gasteiger charge is 2.06. The molecular formula is C10H17NOS. The molecule has 0 aliphatic carbocycles. The molecule has 0 amide bonds. The summed E-state index contributed by atoms with van der Waals surface area (Å²) in [4.78, 5) is 1.25. The molecule has 0 fully saturated rings. The highest BCUT2D eigenvalue weighted by Crippen LogP contribution is 2.10. The van der Waals surface area contributed by atoms with Gasteiger partial charge in [0.1, 0.15) is 0 Å². The van der Waals surface area contributed by atoms with Crippen molar-refractivity contribution in [2.75, 3.05) is 6.54 Å². The molecule has 1 unspecified atom stereocenters. The molecule has 0 saturated heterocycles. The Morgan fingerprint density at radius 3 is 2.85 bits per heavy atom. The minimum atomic E-state index is -0.263.